The van der Waals surface area contributed by atoms with Crippen LogP contribution in [0.2, 0.25) is 0 Å². The second-order valence-corrected chi connectivity index (χ2v) is 27.5. The van der Waals surface area contributed by atoms with E-state index in [4.69, 9.17) is 0 Å². The second-order valence-electron chi connectivity index (χ2n) is 13.4. The Morgan fingerprint density at radius 3 is 1.17 bits per heavy atom. The molecule has 2 atom stereocenters. The summed E-state index contributed by atoms with van der Waals surface area (Å²) in [5, 5.41) is 3.17. The van der Waals surface area contributed by atoms with Gasteiger partial charge in [-0.1, -0.05) is 0 Å². The number of hydrogen-bond donors (Lipinski definition) is 0. The van der Waals surface area contributed by atoms with Crippen LogP contribution in [0.15, 0.2) is 120 Å². The van der Waals surface area contributed by atoms with E-state index in [0.717, 1.165) is 0 Å². The number of fused-ring (bicyclic) bond motifs is 2. The van der Waals surface area contributed by atoms with Crippen LogP contribution in [0.3, 0.4) is 0 Å². The molecule has 0 nitrogen and oxygen atoms in total. The second kappa shape index (κ2) is 13.0. The quantitative estimate of drug-likeness (QED) is 0.290. The zero-order valence-corrected chi connectivity index (χ0v) is 30.4. The number of halogens is 2. The average Bonchev–Trinajstić information content (AvgIpc) is 3.52. The van der Waals surface area contributed by atoms with Crippen LogP contribution in [0.1, 0.15) is 71.0 Å². The Morgan fingerprint density at radius 2 is 0.810 bits per heavy atom. The van der Waals surface area contributed by atoms with E-state index in [9.17, 15) is 0 Å². The van der Waals surface area contributed by atoms with Gasteiger partial charge in [-0.3, -0.25) is 0 Å². The summed E-state index contributed by atoms with van der Waals surface area (Å²) in [6.07, 6.45) is 5.16. The van der Waals surface area contributed by atoms with E-state index in [1.807, 2.05) is 0 Å². The third-order valence-corrected chi connectivity index (χ3v) is 29.1. The zero-order chi connectivity index (χ0) is 28.1. The Hall–Kier alpha value is -1.96. The molecule has 2 aliphatic rings. The fourth-order valence-electron chi connectivity index (χ4n) is 6.78. The minimum absolute atomic E-state index is 0. The van der Waals surface area contributed by atoms with Crippen molar-refractivity contribution in [2.24, 2.45) is 10.8 Å². The van der Waals surface area contributed by atoms with Gasteiger partial charge in [0.2, 0.25) is 0 Å². The van der Waals surface area contributed by atoms with Gasteiger partial charge >= 0.3 is 251 Å². The fourth-order valence-corrected chi connectivity index (χ4v) is 32.7. The van der Waals surface area contributed by atoms with Crippen molar-refractivity contribution >= 4 is 28.0 Å². The monoisotopic (exact) mass is 684 g/mol. The molecule has 0 aliphatic heterocycles. The van der Waals surface area contributed by atoms with Gasteiger partial charge in [0, 0.05) is 0 Å². The molecule has 0 saturated heterocycles. The normalized spacial score (nSPS) is 17.0. The van der Waals surface area contributed by atoms with Crippen LogP contribution in [0.5, 0.6) is 0 Å². The maximum atomic E-state index is 2.58. The Morgan fingerprint density at radius 1 is 0.476 bits per heavy atom. The average molecular weight is 687 g/mol. The number of benzene rings is 4. The van der Waals surface area contributed by atoms with Gasteiger partial charge < -0.3 is 24.8 Å². The molecule has 2 aliphatic carbocycles. The molecule has 0 N–H and O–H groups in total. The van der Waals surface area contributed by atoms with Crippen molar-refractivity contribution in [2.45, 2.75) is 48.8 Å². The smallest absolute Gasteiger partial charge is 1.00 e. The maximum absolute atomic E-state index is 2.62. The zero-order valence-electron chi connectivity index (χ0n) is 25.5. The molecule has 42 heavy (non-hydrogen) atoms. The third-order valence-electron chi connectivity index (χ3n) is 8.63. The van der Waals surface area contributed by atoms with Gasteiger partial charge in [-0.25, -0.2) is 0 Å². The van der Waals surface area contributed by atoms with E-state index in [1.165, 1.54) is 11.1 Å². The van der Waals surface area contributed by atoms with Crippen LogP contribution in [0.4, 0.5) is 0 Å². The maximum Gasteiger partial charge on any atom is -1.00 e. The van der Waals surface area contributed by atoms with Gasteiger partial charge in [-0.05, 0) is 0 Å². The van der Waals surface area contributed by atoms with Gasteiger partial charge in [0.15, 0.2) is 0 Å². The topological polar surface area (TPSA) is 0 Å². The first-order chi connectivity index (χ1) is 19.1. The molecule has 0 fully saturated rings. The molecule has 4 heteroatoms. The van der Waals surface area contributed by atoms with Crippen LogP contribution in [0, 0.1) is 10.8 Å². The summed E-state index contributed by atoms with van der Waals surface area (Å²) in [5.41, 5.74) is 8.57. The molecule has 0 amide bonds. The van der Waals surface area contributed by atoms with Crippen molar-refractivity contribution in [3.63, 3.8) is 0 Å². The summed E-state index contributed by atoms with van der Waals surface area (Å²) >= 11 is -2.62. The summed E-state index contributed by atoms with van der Waals surface area (Å²) in [7, 11) is 0. The van der Waals surface area contributed by atoms with Crippen molar-refractivity contribution in [3.8, 4) is 0 Å². The van der Waals surface area contributed by atoms with Crippen molar-refractivity contribution < 1.29 is 45.2 Å². The molecule has 4 aromatic carbocycles. The molecule has 0 radical (unpaired) electrons. The number of allylic oxidation sites excluding steroid dienone is 2. The van der Waals surface area contributed by atoms with Gasteiger partial charge in [0.05, 0.1) is 0 Å². The van der Waals surface area contributed by atoms with Crippen LogP contribution in [0.25, 0.3) is 12.2 Å². The van der Waals surface area contributed by atoms with Gasteiger partial charge in [0.25, 0.3) is 0 Å². The van der Waals surface area contributed by atoms with Crippen LogP contribution < -0.4 is 35.2 Å². The molecular weight excluding hydrogens is 647 g/mol. The Labute approximate surface area is 273 Å². The van der Waals surface area contributed by atoms with E-state index in [-0.39, 0.29) is 35.6 Å². The minimum atomic E-state index is -2.62. The van der Waals surface area contributed by atoms with E-state index in [2.05, 4.69) is 163 Å². The first kappa shape index (κ1) is 32.9. The third kappa shape index (κ3) is 6.16. The summed E-state index contributed by atoms with van der Waals surface area (Å²) in [6.45, 7) is 14.7. The van der Waals surface area contributed by atoms with E-state index < -0.39 is 25.8 Å². The largest absolute Gasteiger partial charge is 1.00 e. The molecule has 6 rings (SSSR count). The van der Waals surface area contributed by atoms with Crippen LogP contribution >= 0.6 is 0 Å². The van der Waals surface area contributed by atoms with Crippen molar-refractivity contribution in [1.82, 2.24) is 0 Å². The number of rotatable bonds is 4. The molecular formula is C38H40Cl2SiZr. The molecule has 0 bridgehead atoms. The summed E-state index contributed by atoms with van der Waals surface area (Å²) in [6, 6.07) is 42.0. The van der Waals surface area contributed by atoms with Crippen LogP contribution in [-0.4, -0.2) is 5.43 Å². The fraction of sp³-hybridized carbons (Fsp3) is 0.263. The molecule has 0 saturated carbocycles. The minimum Gasteiger partial charge on any atom is -1.00 e. The summed E-state index contributed by atoms with van der Waals surface area (Å²) < 4.78 is 1.07. The Kier molecular flexibility index (Phi) is 10.2. The SMILES string of the molecule is CC(C)(C)C1=Cc2ccccc2[CH]1[Zr+2]([CH]1C(C(C)(C)C)=Cc2ccccc21)=[Si](c1ccccc1)c1ccccc1.[Cl-].[Cl-]. The molecule has 214 valence electrons. The first-order valence-corrected chi connectivity index (χ1v) is 22.6. The Balaban J connectivity index is 0.00000202. The predicted octanol–water partition coefficient (Wildman–Crippen LogP) is 2.79. The summed E-state index contributed by atoms with van der Waals surface area (Å²) in [4.78, 5) is 0. The van der Waals surface area contributed by atoms with Crippen molar-refractivity contribution in [3.05, 3.63) is 143 Å². The molecule has 0 spiro atoms. The van der Waals surface area contributed by atoms with Gasteiger partial charge in [-0.2, -0.15) is 0 Å². The molecule has 2 unspecified atom stereocenters. The summed E-state index contributed by atoms with van der Waals surface area (Å²) in [5.74, 6) is 0. The standard InChI is InChI=1S/2C13H15.C12H10Si.2ClH.Zr/c2*1-13(2,3)12-8-10-6-4-5-7-11(10)9-12;1-3-7-11(8-4-1)13-12-9-5-2-6-10-12;;;/h2*4-9H,1-3H3;1-10H;2*1H;/q;;;;;+2/p-2. The molecule has 0 heterocycles. The molecule has 4 aromatic rings. The predicted molar refractivity (Wildman–Crippen MR) is 171 cm³/mol. The van der Waals surface area contributed by atoms with Crippen LogP contribution in [-0.2, 0) is 20.4 Å². The van der Waals surface area contributed by atoms with E-state index >= 15 is 0 Å². The van der Waals surface area contributed by atoms with E-state index in [0.29, 0.717) is 7.25 Å². The van der Waals surface area contributed by atoms with Crippen molar-refractivity contribution in [1.29, 1.82) is 0 Å². The first-order valence-electron chi connectivity index (χ1n) is 14.6. The number of hydrogen-bond acceptors (Lipinski definition) is 0. The Bertz CT molecular complexity index is 1530. The van der Waals surface area contributed by atoms with E-state index in [1.54, 1.807) is 32.6 Å². The van der Waals surface area contributed by atoms with Gasteiger partial charge in [0.1, 0.15) is 0 Å². The molecule has 0 aromatic heterocycles. The van der Waals surface area contributed by atoms with Crippen molar-refractivity contribution in [2.75, 3.05) is 0 Å². The van der Waals surface area contributed by atoms with Gasteiger partial charge in [-0.15, -0.1) is 0 Å².